The average Bonchev–Trinajstić information content (AvgIpc) is 3.41. The van der Waals surface area contributed by atoms with Crippen LogP contribution in [0.1, 0.15) is 66.7 Å². The third-order valence-corrected chi connectivity index (χ3v) is 11.8. The van der Waals surface area contributed by atoms with Crippen LogP contribution in [0.25, 0.3) is 0 Å². The topological polar surface area (TPSA) is 135 Å². The Balaban J connectivity index is 1.33. The van der Waals surface area contributed by atoms with Gasteiger partial charge in [0.2, 0.25) is 11.6 Å². The van der Waals surface area contributed by atoms with E-state index in [4.69, 9.17) is 23.7 Å². The van der Waals surface area contributed by atoms with E-state index in [9.17, 15) is 24.3 Å². The average molecular weight is 543 g/mol. The van der Waals surface area contributed by atoms with Crippen molar-refractivity contribution in [3.63, 3.8) is 0 Å². The summed E-state index contributed by atoms with van der Waals surface area (Å²) in [5, 5.41) is 11.7. The lowest BCUT2D eigenvalue weighted by Gasteiger charge is -2.50. The van der Waals surface area contributed by atoms with Crippen LogP contribution in [0.3, 0.4) is 0 Å². The first-order valence-corrected chi connectivity index (χ1v) is 14.1. The summed E-state index contributed by atoms with van der Waals surface area (Å²) in [5.41, 5.74) is -5.28. The minimum Gasteiger partial charge on any atom is -0.459 e. The Hall–Kier alpha value is -2.14. The van der Waals surface area contributed by atoms with Gasteiger partial charge in [0.25, 0.3) is 0 Å². The number of allylic oxidation sites excluding steroid dienone is 1. The monoisotopic (exact) mass is 542 g/mol. The summed E-state index contributed by atoms with van der Waals surface area (Å²) in [6.07, 6.45) is 1.11. The molecule has 6 heterocycles. The molecule has 6 saturated heterocycles. The van der Waals surface area contributed by atoms with Crippen LogP contribution in [-0.2, 0) is 42.9 Å². The number of fused-ring (bicyclic) bond motifs is 2. The van der Waals surface area contributed by atoms with E-state index in [0.717, 1.165) is 0 Å². The van der Waals surface area contributed by atoms with Crippen LogP contribution in [0.2, 0.25) is 0 Å². The largest absolute Gasteiger partial charge is 0.459 e. The van der Waals surface area contributed by atoms with E-state index in [1.54, 1.807) is 13.8 Å². The van der Waals surface area contributed by atoms with E-state index in [1.165, 1.54) is 6.92 Å². The van der Waals surface area contributed by atoms with E-state index < -0.39 is 81.4 Å². The second-order valence-electron chi connectivity index (χ2n) is 14.2. The highest BCUT2D eigenvalue weighted by Crippen LogP contribution is 2.71. The molecular formula is C29H34O10. The van der Waals surface area contributed by atoms with Crippen LogP contribution in [0.15, 0.2) is 11.6 Å². The minimum atomic E-state index is -1.88. The van der Waals surface area contributed by atoms with Crippen LogP contribution >= 0.6 is 0 Å². The maximum atomic E-state index is 14.7. The Kier molecular flexibility index (Phi) is 4.21. The lowest BCUT2D eigenvalue weighted by Crippen LogP contribution is -2.64. The zero-order chi connectivity index (χ0) is 27.7. The van der Waals surface area contributed by atoms with Crippen molar-refractivity contribution in [2.45, 2.75) is 113 Å². The van der Waals surface area contributed by atoms with Gasteiger partial charge >= 0.3 is 11.9 Å². The molecule has 0 aromatic rings. The molecule has 1 N–H and O–H groups in total. The molecule has 210 valence electrons. The fourth-order valence-corrected chi connectivity index (χ4v) is 10.2. The number of ketones is 2. The minimum absolute atomic E-state index is 0.130. The molecule has 3 spiro atoms. The van der Waals surface area contributed by atoms with Crippen molar-refractivity contribution in [2.75, 3.05) is 0 Å². The van der Waals surface area contributed by atoms with Gasteiger partial charge in [0, 0.05) is 35.2 Å². The van der Waals surface area contributed by atoms with Crippen LogP contribution in [0.4, 0.5) is 0 Å². The van der Waals surface area contributed by atoms with Gasteiger partial charge in [-0.25, -0.2) is 0 Å². The summed E-state index contributed by atoms with van der Waals surface area (Å²) in [7, 11) is 0. The molecule has 0 unspecified atom stereocenters. The molecule has 0 amide bonds. The predicted octanol–water partition coefficient (Wildman–Crippen LogP) is 1.55. The third kappa shape index (κ3) is 2.48. The number of Topliss-reactive ketones (excluding diaryl/α,β-unsaturated/α-hetero) is 2. The Morgan fingerprint density at radius 1 is 1.00 bits per heavy atom. The highest BCUT2D eigenvalue weighted by Gasteiger charge is 2.84. The van der Waals surface area contributed by atoms with E-state index in [2.05, 4.69) is 0 Å². The smallest absolute Gasteiger partial charge is 0.311 e. The zero-order valence-corrected chi connectivity index (χ0v) is 22.8. The predicted molar refractivity (Wildman–Crippen MR) is 129 cm³/mol. The molecule has 0 radical (unpaired) electrons. The summed E-state index contributed by atoms with van der Waals surface area (Å²) in [6, 6.07) is 0. The van der Waals surface area contributed by atoms with E-state index in [0.29, 0.717) is 24.8 Å². The number of esters is 2. The van der Waals surface area contributed by atoms with Gasteiger partial charge in [0.05, 0.1) is 17.9 Å². The number of hydrogen-bond donors (Lipinski definition) is 1. The van der Waals surface area contributed by atoms with Gasteiger partial charge in [-0.05, 0) is 47.0 Å². The first-order valence-electron chi connectivity index (χ1n) is 14.1. The molecule has 10 nitrogen and oxygen atoms in total. The quantitative estimate of drug-likeness (QED) is 0.449. The van der Waals surface area contributed by atoms with E-state index >= 15 is 0 Å². The maximum absolute atomic E-state index is 14.7. The first kappa shape index (κ1) is 24.6. The van der Waals surface area contributed by atoms with Crippen molar-refractivity contribution >= 4 is 23.5 Å². The van der Waals surface area contributed by atoms with Gasteiger partial charge in [-0.15, -0.1) is 0 Å². The van der Waals surface area contributed by atoms with Gasteiger partial charge in [-0.3, -0.25) is 19.2 Å². The highest BCUT2D eigenvalue weighted by molar-refractivity contribution is 6.08. The molecule has 0 aromatic heterocycles. The zero-order valence-electron chi connectivity index (χ0n) is 22.8. The van der Waals surface area contributed by atoms with Gasteiger partial charge in [-0.1, -0.05) is 13.0 Å². The third-order valence-electron chi connectivity index (χ3n) is 11.8. The van der Waals surface area contributed by atoms with Crippen molar-refractivity contribution in [3.05, 3.63) is 11.6 Å². The Bertz CT molecular complexity index is 1310. The number of carbonyl (C=O) groups excluding carboxylic acids is 4. The maximum Gasteiger partial charge on any atom is 0.311 e. The number of aliphatic hydroxyl groups is 1. The SMILES string of the molecule is C[C@H]1C(=O)O[C@@H]2[C@H]1O[C@@]13O[C@]4(CC[C@@]5(C)C(=O)[C@](C)(O)[C@@H]2[C@@H]15)C[C@@]12OC(=O)C[C@@H]1OC(C)(C)[C@H]2CC=C4C3=O. The molecule has 10 heteroatoms. The molecule has 2 bridgehead atoms. The van der Waals surface area contributed by atoms with Gasteiger partial charge in [0.15, 0.2) is 5.78 Å². The van der Waals surface area contributed by atoms with Crippen molar-refractivity contribution in [2.24, 2.45) is 29.1 Å². The Labute approximate surface area is 225 Å². The molecule has 1 saturated carbocycles. The van der Waals surface area contributed by atoms with E-state index in [1.807, 2.05) is 19.9 Å². The summed E-state index contributed by atoms with van der Waals surface area (Å²) in [5.74, 6) is -6.09. The summed E-state index contributed by atoms with van der Waals surface area (Å²) < 4.78 is 31.8. The fraction of sp³-hybridized carbons (Fsp3) is 0.793. The molecule has 39 heavy (non-hydrogen) atoms. The van der Waals surface area contributed by atoms with Gasteiger partial charge in [0.1, 0.15) is 35.1 Å². The Morgan fingerprint density at radius 3 is 2.49 bits per heavy atom. The van der Waals surface area contributed by atoms with E-state index in [-0.39, 0.29) is 30.5 Å². The molecule has 8 rings (SSSR count). The van der Waals surface area contributed by atoms with Crippen LogP contribution in [0.5, 0.6) is 0 Å². The van der Waals surface area contributed by atoms with Crippen molar-refractivity contribution < 1.29 is 48.0 Å². The van der Waals surface area contributed by atoms with Crippen molar-refractivity contribution in [3.8, 4) is 0 Å². The second kappa shape index (κ2) is 6.66. The van der Waals surface area contributed by atoms with Gasteiger partial charge in [-0.2, -0.15) is 0 Å². The normalized spacial score (nSPS) is 57.9. The van der Waals surface area contributed by atoms with Gasteiger partial charge < -0.3 is 28.8 Å². The number of hydrogen-bond acceptors (Lipinski definition) is 10. The fourth-order valence-electron chi connectivity index (χ4n) is 10.2. The Morgan fingerprint density at radius 2 is 1.74 bits per heavy atom. The number of ether oxygens (including phenoxy) is 5. The molecule has 2 aliphatic carbocycles. The molecule has 8 aliphatic rings. The van der Waals surface area contributed by atoms with Crippen molar-refractivity contribution in [1.29, 1.82) is 0 Å². The molecule has 12 atom stereocenters. The van der Waals surface area contributed by atoms with Crippen LogP contribution in [0, 0.1) is 29.1 Å². The molecule has 6 aliphatic heterocycles. The lowest BCUT2D eigenvalue weighted by molar-refractivity contribution is -0.334. The number of carbonyl (C=O) groups is 4. The van der Waals surface area contributed by atoms with Crippen molar-refractivity contribution in [1.82, 2.24) is 0 Å². The lowest BCUT2D eigenvalue weighted by atomic mass is 9.62. The summed E-state index contributed by atoms with van der Waals surface area (Å²) in [6.45, 7) is 8.88. The molecule has 7 fully saturated rings. The summed E-state index contributed by atoms with van der Waals surface area (Å²) >= 11 is 0. The van der Waals surface area contributed by atoms with Crippen LogP contribution in [-0.4, -0.2) is 75.1 Å². The highest BCUT2D eigenvalue weighted by atomic mass is 16.7. The number of rotatable bonds is 0. The standard InChI is InChI=1S/C29H34O10/c1-12-18-19(35-22(12)32)17-20-25(4,23(33)26(17,5)34)8-9-27-11-28-14(24(2,3)36-15(28)10-16(30)37-28)7-6-13(27)21(31)29(20,38-18)39-27/h6,12,14-15,17-20,34H,7-11H2,1-5H3/t12-,14-,15+,17+,18+,19+,20-,25-,26-,27-,28+,29-/m1/s1. The summed E-state index contributed by atoms with van der Waals surface area (Å²) in [4.78, 5) is 54.1. The van der Waals surface area contributed by atoms with Crippen LogP contribution < -0.4 is 0 Å². The molecular weight excluding hydrogens is 508 g/mol. The second-order valence-corrected chi connectivity index (χ2v) is 14.2. The molecule has 0 aromatic carbocycles. The first-order chi connectivity index (χ1) is 18.1.